The first-order valence-corrected chi connectivity index (χ1v) is 6.75. The van der Waals surface area contributed by atoms with Gasteiger partial charge in [-0.15, -0.1) is 0 Å². The molecule has 2 aromatic rings. The second-order valence-corrected chi connectivity index (χ2v) is 5.33. The highest BCUT2D eigenvalue weighted by atomic mass is 15.1. The Kier molecular flexibility index (Phi) is 2.96. The Morgan fingerprint density at radius 3 is 2.94 bits per heavy atom. The lowest BCUT2D eigenvalue weighted by Gasteiger charge is -2.30. The number of hydrogen-bond acceptors (Lipinski definition) is 1. The van der Waals surface area contributed by atoms with Crippen LogP contribution in [0.25, 0.3) is 16.5 Å². The van der Waals surface area contributed by atoms with Gasteiger partial charge in [0.2, 0.25) is 0 Å². The minimum absolute atomic E-state index is 0.622. The average Bonchev–Trinajstić information content (AvgIpc) is 2.87. The summed E-state index contributed by atoms with van der Waals surface area (Å²) in [7, 11) is 0. The van der Waals surface area contributed by atoms with Crippen molar-refractivity contribution in [2.24, 2.45) is 0 Å². The molecule has 1 N–H and O–H groups in total. The van der Waals surface area contributed by atoms with Crippen LogP contribution in [0.2, 0.25) is 0 Å². The van der Waals surface area contributed by atoms with E-state index in [0.29, 0.717) is 6.04 Å². The van der Waals surface area contributed by atoms with Gasteiger partial charge in [-0.3, -0.25) is 4.90 Å². The van der Waals surface area contributed by atoms with Gasteiger partial charge in [-0.2, -0.15) is 0 Å². The maximum Gasteiger partial charge on any atom is 0.0530 e. The van der Waals surface area contributed by atoms with Crippen molar-refractivity contribution < 1.29 is 0 Å². The van der Waals surface area contributed by atoms with Crippen LogP contribution in [0, 0.1) is 0 Å². The van der Waals surface area contributed by atoms with E-state index in [1.807, 2.05) is 6.20 Å². The normalized spacial score (nSPS) is 17.4. The Balaban J connectivity index is 1.99. The SMILES string of the molecule is CC(C)N1CCC=C(c2cccc3cc[nH]c23)C1. The topological polar surface area (TPSA) is 19.0 Å². The first-order valence-electron chi connectivity index (χ1n) is 6.75. The molecule has 94 valence electrons. The number of aromatic nitrogens is 1. The number of nitrogens with zero attached hydrogens (tertiary/aromatic N) is 1. The Morgan fingerprint density at radius 1 is 1.22 bits per heavy atom. The van der Waals surface area contributed by atoms with Crippen LogP contribution in [0.3, 0.4) is 0 Å². The molecule has 1 aliphatic rings. The van der Waals surface area contributed by atoms with Crippen molar-refractivity contribution in [2.45, 2.75) is 26.3 Å². The van der Waals surface area contributed by atoms with Gasteiger partial charge in [-0.25, -0.2) is 0 Å². The molecule has 1 aromatic carbocycles. The van der Waals surface area contributed by atoms with Gasteiger partial charge < -0.3 is 4.98 Å². The molecular formula is C16H20N2. The second-order valence-electron chi connectivity index (χ2n) is 5.33. The van der Waals surface area contributed by atoms with E-state index in [1.165, 1.54) is 28.6 Å². The average molecular weight is 240 g/mol. The molecule has 0 amide bonds. The van der Waals surface area contributed by atoms with E-state index >= 15 is 0 Å². The van der Waals surface area contributed by atoms with Crippen molar-refractivity contribution in [3.8, 4) is 0 Å². The van der Waals surface area contributed by atoms with Crippen molar-refractivity contribution in [1.29, 1.82) is 0 Å². The molecule has 0 spiro atoms. The molecule has 2 heteroatoms. The fraction of sp³-hybridized carbons (Fsp3) is 0.375. The van der Waals surface area contributed by atoms with Crippen LogP contribution in [0.1, 0.15) is 25.8 Å². The summed E-state index contributed by atoms with van der Waals surface area (Å²) in [6.07, 6.45) is 5.58. The molecule has 2 heterocycles. The molecule has 2 nitrogen and oxygen atoms in total. The maximum atomic E-state index is 3.37. The molecule has 1 aromatic heterocycles. The van der Waals surface area contributed by atoms with Crippen molar-refractivity contribution in [3.05, 3.63) is 42.1 Å². The molecule has 0 atom stereocenters. The number of hydrogen-bond donors (Lipinski definition) is 1. The zero-order valence-electron chi connectivity index (χ0n) is 11.1. The van der Waals surface area contributed by atoms with Crippen molar-refractivity contribution in [3.63, 3.8) is 0 Å². The summed E-state index contributed by atoms with van der Waals surface area (Å²) in [5.41, 5.74) is 4.10. The first-order chi connectivity index (χ1) is 8.75. The minimum atomic E-state index is 0.622. The van der Waals surface area contributed by atoms with E-state index in [2.05, 4.69) is 54.1 Å². The predicted molar refractivity (Wildman–Crippen MR) is 77.6 cm³/mol. The highest BCUT2D eigenvalue weighted by Crippen LogP contribution is 2.27. The summed E-state index contributed by atoms with van der Waals surface area (Å²) in [6.45, 7) is 6.80. The van der Waals surface area contributed by atoms with Gasteiger partial charge in [0.1, 0.15) is 0 Å². The summed E-state index contributed by atoms with van der Waals surface area (Å²) in [5, 5.41) is 1.30. The highest BCUT2D eigenvalue weighted by molar-refractivity contribution is 5.91. The number of benzene rings is 1. The molecule has 0 saturated carbocycles. The Morgan fingerprint density at radius 2 is 2.11 bits per heavy atom. The van der Waals surface area contributed by atoms with E-state index < -0.39 is 0 Å². The number of nitrogens with one attached hydrogen (secondary N) is 1. The molecule has 0 bridgehead atoms. The molecule has 18 heavy (non-hydrogen) atoms. The third-order valence-electron chi connectivity index (χ3n) is 3.84. The molecule has 0 aliphatic carbocycles. The summed E-state index contributed by atoms with van der Waals surface area (Å²) in [5.74, 6) is 0. The lowest BCUT2D eigenvalue weighted by atomic mass is 9.98. The highest BCUT2D eigenvalue weighted by Gasteiger charge is 2.17. The molecule has 0 radical (unpaired) electrons. The molecule has 1 aliphatic heterocycles. The fourth-order valence-electron chi connectivity index (χ4n) is 2.76. The predicted octanol–water partition coefficient (Wildman–Crippen LogP) is 3.67. The fourth-order valence-corrected chi connectivity index (χ4v) is 2.76. The van der Waals surface area contributed by atoms with Gasteiger partial charge in [-0.05, 0) is 37.3 Å². The summed E-state index contributed by atoms with van der Waals surface area (Å²) >= 11 is 0. The van der Waals surface area contributed by atoms with Crippen LogP contribution >= 0.6 is 0 Å². The van der Waals surface area contributed by atoms with Crippen LogP contribution in [0.5, 0.6) is 0 Å². The summed E-state index contributed by atoms with van der Waals surface area (Å²) < 4.78 is 0. The molecular weight excluding hydrogens is 220 g/mol. The molecule has 0 unspecified atom stereocenters. The molecule has 3 rings (SSSR count). The summed E-state index contributed by atoms with van der Waals surface area (Å²) in [6, 6.07) is 9.31. The zero-order valence-corrected chi connectivity index (χ0v) is 11.1. The zero-order chi connectivity index (χ0) is 12.5. The number of H-pyrrole nitrogens is 1. The standard InChI is InChI=1S/C16H20N2/c1-12(2)18-10-4-6-14(11-18)15-7-3-5-13-8-9-17-16(13)15/h3,5-9,12,17H,4,10-11H2,1-2H3. The minimum Gasteiger partial charge on any atom is -0.361 e. The van der Waals surface area contributed by atoms with E-state index in [-0.39, 0.29) is 0 Å². The molecule has 0 saturated heterocycles. The smallest absolute Gasteiger partial charge is 0.0530 e. The third kappa shape index (κ3) is 1.97. The lowest BCUT2D eigenvalue weighted by molar-refractivity contribution is 0.248. The van der Waals surface area contributed by atoms with Crippen LogP contribution in [0.4, 0.5) is 0 Å². The number of aromatic amines is 1. The van der Waals surface area contributed by atoms with Gasteiger partial charge in [0.05, 0.1) is 5.52 Å². The van der Waals surface area contributed by atoms with Gasteiger partial charge in [-0.1, -0.05) is 24.3 Å². The van der Waals surface area contributed by atoms with Crippen LogP contribution in [-0.4, -0.2) is 29.0 Å². The third-order valence-corrected chi connectivity index (χ3v) is 3.84. The van der Waals surface area contributed by atoms with Crippen LogP contribution in [0.15, 0.2) is 36.5 Å². The van der Waals surface area contributed by atoms with Gasteiger partial charge in [0.15, 0.2) is 0 Å². The van der Waals surface area contributed by atoms with Gasteiger partial charge >= 0.3 is 0 Å². The van der Waals surface area contributed by atoms with Crippen molar-refractivity contribution >= 4 is 16.5 Å². The second kappa shape index (κ2) is 4.62. The Labute approximate surface area is 108 Å². The Bertz CT molecular complexity index is 578. The first kappa shape index (κ1) is 11.5. The van der Waals surface area contributed by atoms with E-state index in [4.69, 9.17) is 0 Å². The number of para-hydroxylation sites is 1. The van der Waals surface area contributed by atoms with E-state index in [9.17, 15) is 0 Å². The van der Waals surface area contributed by atoms with Gasteiger partial charge in [0.25, 0.3) is 0 Å². The van der Waals surface area contributed by atoms with E-state index in [0.717, 1.165) is 13.0 Å². The van der Waals surface area contributed by atoms with Crippen LogP contribution in [-0.2, 0) is 0 Å². The van der Waals surface area contributed by atoms with E-state index in [1.54, 1.807) is 0 Å². The summed E-state index contributed by atoms with van der Waals surface area (Å²) in [4.78, 5) is 5.91. The lowest BCUT2D eigenvalue weighted by Crippen LogP contribution is -2.35. The monoisotopic (exact) mass is 240 g/mol. The maximum absolute atomic E-state index is 3.37. The van der Waals surface area contributed by atoms with Crippen molar-refractivity contribution in [2.75, 3.05) is 13.1 Å². The Hall–Kier alpha value is -1.54. The number of fused-ring (bicyclic) bond motifs is 1. The molecule has 0 fully saturated rings. The largest absolute Gasteiger partial charge is 0.361 e. The van der Waals surface area contributed by atoms with Crippen molar-refractivity contribution in [1.82, 2.24) is 9.88 Å². The number of rotatable bonds is 2. The quantitative estimate of drug-likeness (QED) is 0.848. The van der Waals surface area contributed by atoms with Gasteiger partial charge in [0, 0.05) is 30.9 Å². The van der Waals surface area contributed by atoms with Crippen LogP contribution < -0.4 is 0 Å².